The van der Waals surface area contributed by atoms with E-state index in [0.29, 0.717) is 6.42 Å². The van der Waals surface area contributed by atoms with Crippen LogP contribution in [0.2, 0.25) is 0 Å². The maximum absolute atomic E-state index is 11.8. The molecule has 0 spiro atoms. The zero-order valence-electron chi connectivity index (χ0n) is 12.2. The van der Waals surface area contributed by atoms with E-state index in [0.717, 1.165) is 25.7 Å². The molecule has 5 nitrogen and oxygen atoms in total. The Morgan fingerprint density at radius 3 is 2.21 bits per heavy atom. The third-order valence-electron chi connectivity index (χ3n) is 2.80. The Morgan fingerprint density at radius 1 is 1.05 bits per heavy atom. The first kappa shape index (κ1) is 21.2. The molecule has 0 unspecified atom stereocenters. The molecule has 6 heteroatoms. The molecule has 0 aromatic heterocycles. The molecule has 19 heavy (non-hydrogen) atoms. The Kier molecular flexibility index (Phi) is 16.0. The quantitative estimate of drug-likeness (QED) is 0.330. The summed E-state index contributed by atoms with van der Waals surface area (Å²) in [5, 5.41) is 19.2. The summed E-state index contributed by atoms with van der Waals surface area (Å²) < 4.78 is 0. The smallest absolute Gasteiger partial charge is 0.550 e. The number of carboxylic acid groups (broad SMARTS) is 1. The van der Waals surface area contributed by atoms with E-state index >= 15 is 0 Å². The van der Waals surface area contributed by atoms with Gasteiger partial charge in [0.2, 0.25) is 5.91 Å². The molecule has 0 atom stereocenters. The second-order valence-electron chi connectivity index (χ2n) is 4.39. The average molecular weight is 281 g/mol. The summed E-state index contributed by atoms with van der Waals surface area (Å²) in [4.78, 5) is 23.5. The summed E-state index contributed by atoms with van der Waals surface area (Å²) in [6, 6.07) is 0. The standard InChI is InChI=1S/C13H25NO4.Na/c1-2-3-4-5-6-7-12(16)14(10-11-15)9-8-13(17)18;/h15H,2-11H2,1H3,(H,17,18);/q;+1/p-1. The van der Waals surface area contributed by atoms with Gasteiger partial charge >= 0.3 is 29.6 Å². The predicted molar refractivity (Wildman–Crippen MR) is 66.7 cm³/mol. The second-order valence-corrected chi connectivity index (χ2v) is 4.39. The molecule has 0 aliphatic heterocycles. The number of carboxylic acids is 1. The Balaban J connectivity index is 0. The molecule has 0 radical (unpaired) electrons. The van der Waals surface area contributed by atoms with E-state index in [4.69, 9.17) is 5.11 Å². The summed E-state index contributed by atoms with van der Waals surface area (Å²) in [6.07, 6.45) is 5.57. The number of hydrogen-bond donors (Lipinski definition) is 1. The van der Waals surface area contributed by atoms with Crippen molar-refractivity contribution in [2.45, 2.75) is 51.9 Å². The monoisotopic (exact) mass is 281 g/mol. The molecule has 0 saturated heterocycles. The third kappa shape index (κ3) is 12.7. The van der Waals surface area contributed by atoms with Gasteiger partial charge in [0.15, 0.2) is 0 Å². The molecule has 0 aromatic rings. The number of aliphatic hydroxyl groups excluding tert-OH is 1. The summed E-state index contributed by atoms with van der Waals surface area (Å²) in [5.41, 5.74) is 0. The van der Waals surface area contributed by atoms with E-state index in [1.54, 1.807) is 0 Å². The zero-order chi connectivity index (χ0) is 13.8. The molecule has 0 aliphatic rings. The van der Waals surface area contributed by atoms with Gasteiger partial charge in [0, 0.05) is 31.9 Å². The van der Waals surface area contributed by atoms with Crippen LogP contribution in [0.25, 0.3) is 0 Å². The van der Waals surface area contributed by atoms with Crippen molar-refractivity contribution >= 4 is 11.9 Å². The van der Waals surface area contributed by atoms with Gasteiger partial charge in [-0.15, -0.1) is 0 Å². The van der Waals surface area contributed by atoms with E-state index in [1.807, 2.05) is 0 Å². The number of aliphatic hydroxyl groups is 1. The SMILES string of the molecule is CCCCCCCC(=O)N(CCO)CCC(=O)[O-].[Na+]. The fourth-order valence-corrected chi connectivity index (χ4v) is 1.75. The number of carbonyl (C=O) groups is 2. The van der Waals surface area contributed by atoms with Crippen molar-refractivity contribution in [1.29, 1.82) is 0 Å². The van der Waals surface area contributed by atoms with Crippen molar-refractivity contribution < 1.29 is 49.4 Å². The van der Waals surface area contributed by atoms with E-state index in [-0.39, 0.29) is 61.6 Å². The normalized spacial score (nSPS) is 9.79. The van der Waals surface area contributed by atoms with Crippen molar-refractivity contribution in [2.24, 2.45) is 0 Å². The van der Waals surface area contributed by atoms with Gasteiger partial charge in [0.1, 0.15) is 0 Å². The van der Waals surface area contributed by atoms with Crippen LogP contribution in [-0.4, -0.2) is 41.6 Å². The number of rotatable bonds is 11. The van der Waals surface area contributed by atoms with E-state index < -0.39 is 5.97 Å². The van der Waals surface area contributed by atoms with Crippen molar-refractivity contribution in [3.8, 4) is 0 Å². The molecule has 0 saturated carbocycles. The van der Waals surface area contributed by atoms with Gasteiger partial charge in [-0.3, -0.25) is 4.79 Å². The predicted octanol–water partition coefficient (Wildman–Crippen LogP) is -2.69. The van der Waals surface area contributed by atoms with Crippen molar-refractivity contribution in [2.75, 3.05) is 19.7 Å². The molecule has 0 heterocycles. The number of unbranched alkanes of at least 4 members (excludes halogenated alkanes) is 4. The van der Waals surface area contributed by atoms with Crippen LogP contribution >= 0.6 is 0 Å². The molecule has 0 bridgehead atoms. The summed E-state index contributed by atoms with van der Waals surface area (Å²) in [5.74, 6) is -1.25. The first-order valence-electron chi connectivity index (χ1n) is 6.70. The number of carbonyl (C=O) groups excluding carboxylic acids is 2. The average Bonchev–Trinajstić information content (AvgIpc) is 2.33. The van der Waals surface area contributed by atoms with Crippen molar-refractivity contribution in [3.63, 3.8) is 0 Å². The van der Waals surface area contributed by atoms with Gasteiger partial charge in [-0.1, -0.05) is 32.6 Å². The van der Waals surface area contributed by atoms with Crippen LogP contribution in [0.15, 0.2) is 0 Å². The summed E-state index contributed by atoms with van der Waals surface area (Å²) in [7, 11) is 0. The Bertz CT molecular complexity index is 249. The second kappa shape index (κ2) is 14.3. The molecule has 106 valence electrons. The summed E-state index contributed by atoms with van der Waals surface area (Å²) >= 11 is 0. The molecule has 0 rings (SSSR count). The first-order chi connectivity index (χ1) is 8.61. The third-order valence-corrected chi connectivity index (χ3v) is 2.80. The Labute approximate surface area is 137 Å². The zero-order valence-corrected chi connectivity index (χ0v) is 14.2. The minimum absolute atomic E-state index is 0. The van der Waals surface area contributed by atoms with Gasteiger partial charge in [-0.05, 0) is 6.42 Å². The first-order valence-corrected chi connectivity index (χ1v) is 6.70. The Morgan fingerprint density at radius 2 is 1.68 bits per heavy atom. The van der Waals surface area contributed by atoms with Gasteiger partial charge in [-0.25, -0.2) is 0 Å². The molecule has 1 amide bonds. The van der Waals surface area contributed by atoms with Crippen molar-refractivity contribution in [1.82, 2.24) is 4.90 Å². The molecular formula is C13H24NNaO4. The van der Waals surface area contributed by atoms with Gasteiger partial charge in [0.25, 0.3) is 0 Å². The maximum Gasteiger partial charge on any atom is 1.00 e. The summed E-state index contributed by atoms with van der Waals surface area (Å²) in [6.45, 7) is 2.31. The Hall–Kier alpha value is -0.100. The minimum atomic E-state index is -1.17. The van der Waals surface area contributed by atoms with E-state index in [2.05, 4.69) is 6.92 Å². The van der Waals surface area contributed by atoms with Crippen LogP contribution in [0.4, 0.5) is 0 Å². The van der Waals surface area contributed by atoms with Crippen molar-refractivity contribution in [3.05, 3.63) is 0 Å². The molecular weight excluding hydrogens is 257 g/mol. The van der Waals surface area contributed by atoms with Crippen LogP contribution in [0.5, 0.6) is 0 Å². The van der Waals surface area contributed by atoms with Crippen LogP contribution in [0.1, 0.15) is 51.9 Å². The largest absolute Gasteiger partial charge is 1.00 e. The fourth-order valence-electron chi connectivity index (χ4n) is 1.75. The molecule has 0 aromatic carbocycles. The van der Waals surface area contributed by atoms with Gasteiger partial charge < -0.3 is 19.9 Å². The molecule has 0 fully saturated rings. The van der Waals surface area contributed by atoms with Crippen LogP contribution in [0.3, 0.4) is 0 Å². The number of aliphatic carboxylic acids is 1. The molecule has 1 N–H and O–H groups in total. The number of hydrogen-bond acceptors (Lipinski definition) is 4. The van der Waals surface area contributed by atoms with Gasteiger partial charge in [-0.2, -0.15) is 0 Å². The molecule has 0 aliphatic carbocycles. The fraction of sp³-hybridized carbons (Fsp3) is 0.846. The van der Waals surface area contributed by atoms with Crippen LogP contribution in [0, 0.1) is 0 Å². The topological polar surface area (TPSA) is 80.7 Å². The minimum Gasteiger partial charge on any atom is -0.550 e. The number of nitrogens with zero attached hydrogens (tertiary/aromatic N) is 1. The van der Waals surface area contributed by atoms with E-state index in [1.165, 1.54) is 11.3 Å². The van der Waals surface area contributed by atoms with Gasteiger partial charge in [0.05, 0.1) is 6.61 Å². The van der Waals surface area contributed by atoms with Crippen LogP contribution in [-0.2, 0) is 9.59 Å². The number of amides is 1. The maximum atomic E-state index is 11.8. The van der Waals surface area contributed by atoms with Crippen LogP contribution < -0.4 is 34.7 Å². The van der Waals surface area contributed by atoms with E-state index in [9.17, 15) is 14.7 Å².